The van der Waals surface area contributed by atoms with E-state index in [-0.39, 0.29) is 41.8 Å². The van der Waals surface area contributed by atoms with Crippen molar-refractivity contribution in [3.05, 3.63) is 65.6 Å². The fourth-order valence-corrected chi connectivity index (χ4v) is 8.85. The standard InChI is InChI=1S/C41H46ClF2N7O4/c1-40(2,3)55-39(53)51-19-15-27(51)12-13-32(52)49-18-14-28(23-49)48(4)37-30-21-45-35(29-10-5-8-25-9-6-11-31(42)33(25)29)34(44)36(30)46-38(47-37)54-24-41-16-7-17-50(41)22-26(43)20-41/h5-6,8-13,21,26-28H,7,14-20,22-24H2,1-4H3/b13-12+/t26-,27+,28-,41+/m1/s1. The van der Waals surface area contributed by atoms with E-state index in [9.17, 15) is 14.0 Å². The molecule has 4 atom stereocenters. The third-order valence-corrected chi connectivity index (χ3v) is 11.8. The van der Waals surface area contributed by atoms with Gasteiger partial charge in [0.2, 0.25) is 5.91 Å². The number of benzene rings is 2. The predicted molar refractivity (Wildman–Crippen MR) is 208 cm³/mol. The third kappa shape index (κ3) is 7.17. The number of fused-ring (bicyclic) bond motifs is 3. The molecule has 2 amide bonds. The van der Waals surface area contributed by atoms with Crippen LogP contribution in [0.1, 0.15) is 52.9 Å². The maximum absolute atomic E-state index is 16.9. The molecule has 14 heteroatoms. The molecular weight excluding hydrogens is 728 g/mol. The molecule has 0 aliphatic carbocycles. The highest BCUT2D eigenvalue weighted by Crippen LogP contribution is 2.41. The predicted octanol–water partition coefficient (Wildman–Crippen LogP) is 7.20. The van der Waals surface area contributed by atoms with Crippen LogP contribution in [0.5, 0.6) is 6.01 Å². The second-order valence-corrected chi connectivity index (χ2v) is 16.7. The fraction of sp³-hybridized carbons (Fsp3) is 0.488. The van der Waals surface area contributed by atoms with Gasteiger partial charge in [0.15, 0.2) is 5.82 Å². The third-order valence-electron chi connectivity index (χ3n) is 11.5. The summed E-state index contributed by atoms with van der Waals surface area (Å²) in [7, 11) is 1.87. The Labute approximate surface area is 324 Å². The van der Waals surface area contributed by atoms with Crippen molar-refractivity contribution in [2.24, 2.45) is 0 Å². The average Bonchev–Trinajstić information content (AvgIpc) is 3.84. The maximum atomic E-state index is 16.9. The van der Waals surface area contributed by atoms with Gasteiger partial charge in [-0.25, -0.2) is 13.6 Å². The molecule has 0 saturated carbocycles. The van der Waals surface area contributed by atoms with Gasteiger partial charge < -0.3 is 24.2 Å². The fourth-order valence-electron chi connectivity index (χ4n) is 8.57. The van der Waals surface area contributed by atoms with Gasteiger partial charge in [-0.1, -0.05) is 48.0 Å². The number of amides is 2. The van der Waals surface area contributed by atoms with E-state index in [2.05, 4.69) is 14.9 Å². The number of pyridine rings is 1. The van der Waals surface area contributed by atoms with Crippen LogP contribution in [0.15, 0.2) is 54.7 Å². The summed E-state index contributed by atoms with van der Waals surface area (Å²) in [6.45, 7) is 8.33. The summed E-state index contributed by atoms with van der Waals surface area (Å²) in [5.74, 6) is -0.374. The van der Waals surface area contributed by atoms with Crippen LogP contribution in [0.25, 0.3) is 32.9 Å². The lowest BCUT2D eigenvalue weighted by molar-refractivity contribution is -0.125. The first kappa shape index (κ1) is 37.3. The van der Waals surface area contributed by atoms with Crippen molar-refractivity contribution in [3.8, 4) is 17.3 Å². The summed E-state index contributed by atoms with van der Waals surface area (Å²) >= 11 is 6.64. The Balaban J connectivity index is 1.07. The summed E-state index contributed by atoms with van der Waals surface area (Å²) < 4.78 is 43.3. The van der Waals surface area contributed by atoms with Gasteiger partial charge in [-0.2, -0.15) is 9.97 Å². The van der Waals surface area contributed by atoms with Crippen LogP contribution < -0.4 is 9.64 Å². The number of hydrogen-bond donors (Lipinski definition) is 0. The van der Waals surface area contributed by atoms with E-state index in [0.717, 1.165) is 31.2 Å². The highest BCUT2D eigenvalue weighted by Gasteiger charge is 2.49. The van der Waals surface area contributed by atoms with Crippen LogP contribution in [-0.4, -0.2) is 117 Å². The Morgan fingerprint density at radius 1 is 1.09 bits per heavy atom. The number of carbonyl (C=O) groups excluding carboxylic acids is 2. The quantitative estimate of drug-likeness (QED) is 0.172. The molecule has 4 aliphatic rings. The van der Waals surface area contributed by atoms with Gasteiger partial charge in [-0.3, -0.25) is 14.7 Å². The van der Waals surface area contributed by atoms with Crippen LogP contribution in [0.2, 0.25) is 5.02 Å². The second kappa shape index (κ2) is 14.5. The Morgan fingerprint density at radius 2 is 1.89 bits per heavy atom. The minimum Gasteiger partial charge on any atom is -0.461 e. The van der Waals surface area contributed by atoms with E-state index >= 15 is 4.39 Å². The molecule has 290 valence electrons. The molecule has 8 rings (SSSR count). The van der Waals surface area contributed by atoms with Gasteiger partial charge >= 0.3 is 12.1 Å². The average molecular weight is 774 g/mol. The van der Waals surface area contributed by atoms with E-state index < -0.39 is 29.2 Å². The summed E-state index contributed by atoms with van der Waals surface area (Å²) in [5, 5.41) is 2.41. The highest BCUT2D eigenvalue weighted by molar-refractivity contribution is 6.36. The smallest absolute Gasteiger partial charge is 0.410 e. The lowest BCUT2D eigenvalue weighted by Crippen LogP contribution is -2.51. The molecule has 0 radical (unpaired) electrons. The molecule has 11 nitrogen and oxygen atoms in total. The van der Waals surface area contributed by atoms with E-state index in [1.165, 1.54) is 6.08 Å². The van der Waals surface area contributed by atoms with Crippen LogP contribution in [0.3, 0.4) is 0 Å². The Hall–Kier alpha value is -4.62. The first-order valence-electron chi connectivity index (χ1n) is 19.1. The van der Waals surface area contributed by atoms with Gasteiger partial charge in [0, 0.05) is 73.9 Å². The van der Waals surface area contributed by atoms with Crippen molar-refractivity contribution in [2.45, 2.75) is 82.3 Å². The molecule has 4 aromatic rings. The van der Waals surface area contributed by atoms with E-state index in [1.54, 1.807) is 34.2 Å². The first-order valence-corrected chi connectivity index (χ1v) is 19.4. The summed E-state index contributed by atoms with van der Waals surface area (Å²) in [4.78, 5) is 47.5. The van der Waals surface area contributed by atoms with Gasteiger partial charge in [0.05, 0.1) is 17.0 Å². The molecule has 4 aliphatic heterocycles. The molecule has 55 heavy (non-hydrogen) atoms. The summed E-state index contributed by atoms with van der Waals surface area (Å²) in [6.07, 6.45) is 7.09. The van der Waals surface area contributed by atoms with Crippen LogP contribution in [0, 0.1) is 5.82 Å². The zero-order valence-corrected chi connectivity index (χ0v) is 32.4. The van der Waals surface area contributed by atoms with Gasteiger partial charge in [0.1, 0.15) is 35.4 Å². The molecule has 2 aromatic carbocycles. The second-order valence-electron chi connectivity index (χ2n) is 16.2. The largest absolute Gasteiger partial charge is 0.461 e. The molecule has 0 unspecified atom stereocenters. The number of rotatable bonds is 8. The number of nitrogens with zero attached hydrogens (tertiary/aromatic N) is 7. The number of alkyl halides is 1. The van der Waals surface area contributed by atoms with Crippen LogP contribution in [0.4, 0.5) is 19.4 Å². The number of carbonyl (C=O) groups is 2. The number of anilines is 1. The Morgan fingerprint density at radius 3 is 2.65 bits per heavy atom. The van der Waals surface area contributed by atoms with Crippen molar-refractivity contribution in [1.29, 1.82) is 0 Å². The molecule has 0 N–H and O–H groups in total. The molecule has 4 saturated heterocycles. The normalized spacial score (nSPS) is 24.2. The highest BCUT2D eigenvalue weighted by atomic mass is 35.5. The first-order chi connectivity index (χ1) is 26.3. The molecule has 4 fully saturated rings. The van der Waals surface area contributed by atoms with Gasteiger partial charge in [-0.05, 0) is 64.5 Å². The minimum atomic E-state index is -0.929. The van der Waals surface area contributed by atoms with Crippen molar-refractivity contribution >= 4 is 51.1 Å². The monoisotopic (exact) mass is 773 g/mol. The number of ether oxygens (including phenoxy) is 2. The van der Waals surface area contributed by atoms with Crippen molar-refractivity contribution in [3.63, 3.8) is 0 Å². The SMILES string of the molecule is CN(c1nc(OC[C@@]23CCCN2C[C@H](F)C3)nc2c(F)c(-c3cccc4cccc(Cl)c34)ncc12)[C@@H]1CCN(C(=O)/C=C/[C@H]2CCN2C(=O)OC(C)(C)C)C1. The van der Waals surface area contributed by atoms with Gasteiger partial charge in [-0.15, -0.1) is 0 Å². The topological polar surface area (TPSA) is 104 Å². The number of aromatic nitrogens is 3. The van der Waals surface area contributed by atoms with E-state index in [0.29, 0.717) is 66.2 Å². The molecule has 6 heterocycles. The van der Waals surface area contributed by atoms with Gasteiger partial charge in [0.25, 0.3) is 0 Å². The molecule has 0 bridgehead atoms. The van der Waals surface area contributed by atoms with Crippen LogP contribution >= 0.6 is 11.6 Å². The molecule has 0 spiro atoms. The number of halogens is 3. The molecular formula is C41H46ClF2N7O4. The van der Waals surface area contributed by atoms with Crippen molar-refractivity contribution in [1.82, 2.24) is 29.7 Å². The van der Waals surface area contributed by atoms with E-state index in [1.807, 2.05) is 57.0 Å². The number of hydrogen-bond acceptors (Lipinski definition) is 9. The van der Waals surface area contributed by atoms with E-state index in [4.69, 9.17) is 26.1 Å². The molecule has 2 aromatic heterocycles. The lowest BCUT2D eigenvalue weighted by atomic mass is 9.95. The van der Waals surface area contributed by atoms with Crippen molar-refractivity contribution < 1.29 is 27.8 Å². The minimum absolute atomic E-state index is 0.00575. The Kier molecular flexibility index (Phi) is 9.81. The summed E-state index contributed by atoms with van der Waals surface area (Å²) in [5.41, 5.74) is -0.374. The van der Waals surface area contributed by atoms with Crippen LogP contribution in [-0.2, 0) is 9.53 Å². The zero-order valence-electron chi connectivity index (χ0n) is 31.6. The maximum Gasteiger partial charge on any atom is 0.410 e. The number of likely N-dealkylation sites (N-methyl/N-ethyl adjacent to an activating group) is 1. The number of likely N-dealkylation sites (tertiary alicyclic amines) is 2. The zero-order chi connectivity index (χ0) is 38.6. The Bertz CT molecular complexity index is 2180. The lowest BCUT2D eigenvalue weighted by Gasteiger charge is -2.39. The summed E-state index contributed by atoms with van der Waals surface area (Å²) in [6, 6.07) is 10.7. The van der Waals surface area contributed by atoms with Crippen molar-refractivity contribution in [2.75, 3.05) is 51.3 Å².